The first-order chi connectivity index (χ1) is 6.76. The minimum Gasteiger partial charge on any atom is -0.365 e. The van der Waals surface area contributed by atoms with E-state index in [2.05, 4.69) is 21.2 Å². The molecule has 4 nitrogen and oxygen atoms in total. The molecule has 0 aliphatic heterocycles. The molecule has 1 unspecified atom stereocenters. The standard InChI is InChI=1S/C10H10N4/c1-3-4-8(2)14-10-7-12-9(5-11)6-13-10/h1,6-8H,4H2,2H3,(H,13,14). The fourth-order valence-electron chi connectivity index (χ4n) is 0.941. The molecule has 4 heteroatoms. The van der Waals surface area contributed by atoms with Gasteiger partial charge in [0.25, 0.3) is 0 Å². The van der Waals surface area contributed by atoms with Crippen LogP contribution >= 0.6 is 0 Å². The van der Waals surface area contributed by atoms with E-state index in [0.29, 0.717) is 17.9 Å². The minimum absolute atomic E-state index is 0.155. The lowest BCUT2D eigenvalue weighted by Crippen LogP contribution is -2.15. The summed E-state index contributed by atoms with van der Waals surface area (Å²) in [5.41, 5.74) is 0.306. The zero-order chi connectivity index (χ0) is 10.4. The third-order valence-electron chi connectivity index (χ3n) is 1.58. The second-order valence-electron chi connectivity index (χ2n) is 2.85. The van der Waals surface area contributed by atoms with Crippen molar-refractivity contribution in [1.29, 1.82) is 5.26 Å². The van der Waals surface area contributed by atoms with E-state index >= 15 is 0 Å². The molecule has 1 aromatic heterocycles. The Kier molecular flexibility index (Phi) is 3.46. The average Bonchev–Trinajstić information content (AvgIpc) is 2.19. The molecule has 0 spiro atoms. The maximum absolute atomic E-state index is 8.50. The second-order valence-corrected chi connectivity index (χ2v) is 2.85. The molecule has 0 fully saturated rings. The zero-order valence-corrected chi connectivity index (χ0v) is 7.86. The van der Waals surface area contributed by atoms with E-state index in [1.165, 1.54) is 12.4 Å². The highest BCUT2D eigenvalue weighted by Crippen LogP contribution is 2.03. The number of aromatic nitrogens is 2. The fraction of sp³-hybridized carbons (Fsp3) is 0.300. The van der Waals surface area contributed by atoms with Crippen molar-refractivity contribution in [1.82, 2.24) is 9.97 Å². The summed E-state index contributed by atoms with van der Waals surface area (Å²) in [6.07, 6.45) is 8.73. The molecule has 0 saturated carbocycles. The quantitative estimate of drug-likeness (QED) is 0.720. The summed E-state index contributed by atoms with van der Waals surface area (Å²) in [7, 11) is 0. The summed E-state index contributed by atoms with van der Waals surface area (Å²) >= 11 is 0. The maximum Gasteiger partial charge on any atom is 0.158 e. The van der Waals surface area contributed by atoms with Gasteiger partial charge in [-0.3, -0.25) is 0 Å². The highest BCUT2D eigenvalue weighted by atomic mass is 15.0. The number of anilines is 1. The van der Waals surface area contributed by atoms with Crippen LogP contribution in [0.3, 0.4) is 0 Å². The Morgan fingerprint density at radius 3 is 2.86 bits per heavy atom. The molecule has 1 heterocycles. The van der Waals surface area contributed by atoms with E-state index in [9.17, 15) is 0 Å². The first kappa shape index (κ1) is 10.0. The van der Waals surface area contributed by atoms with Crippen molar-refractivity contribution in [2.24, 2.45) is 0 Å². The topological polar surface area (TPSA) is 61.6 Å². The Labute approximate surface area is 83.0 Å². The fourth-order valence-corrected chi connectivity index (χ4v) is 0.941. The molecule has 0 aliphatic rings. The van der Waals surface area contributed by atoms with Gasteiger partial charge < -0.3 is 5.32 Å². The molecule has 1 rings (SSSR count). The van der Waals surface area contributed by atoms with Crippen molar-refractivity contribution >= 4 is 5.82 Å². The number of rotatable bonds is 3. The van der Waals surface area contributed by atoms with Crippen molar-refractivity contribution in [3.05, 3.63) is 18.1 Å². The zero-order valence-electron chi connectivity index (χ0n) is 7.86. The molecule has 0 radical (unpaired) electrons. The number of nitrogens with zero attached hydrogens (tertiary/aromatic N) is 3. The Hall–Kier alpha value is -2.07. The van der Waals surface area contributed by atoms with Crippen LogP contribution in [-0.2, 0) is 0 Å². The predicted molar refractivity (Wildman–Crippen MR) is 53.3 cm³/mol. The molecule has 0 bridgehead atoms. The first-order valence-electron chi connectivity index (χ1n) is 4.18. The highest BCUT2D eigenvalue weighted by molar-refractivity contribution is 5.34. The number of nitrogens with one attached hydrogen (secondary N) is 1. The van der Waals surface area contributed by atoms with Crippen molar-refractivity contribution in [3.8, 4) is 18.4 Å². The summed E-state index contributed by atoms with van der Waals surface area (Å²) in [6.45, 7) is 1.96. The van der Waals surface area contributed by atoms with E-state index in [1.54, 1.807) is 0 Å². The first-order valence-corrected chi connectivity index (χ1v) is 4.18. The molecule has 0 aromatic carbocycles. The maximum atomic E-state index is 8.50. The van der Waals surface area contributed by atoms with Gasteiger partial charge in [0.2, 0.25) is 0 Å². The predicted octanol–water partition coefficient (Wildman–Crippen LogP) is 1.17. The minimum atomic E-state index is 0.155. The van der Waals surface area contributed by atoms with Gasteiger partial charge in [-0.05, 0) is 6.92 Å². The van der Waals surface area contributed by atoms with Gasteiger partial charge in [-0.1, -0.05) is 0 Å². The second kappa shape index (κ2) is 4.84. The van der Waals surface area contributed by atoms with Gasteiger partial charge in [-0.25, -0.2) is 9.97 Å². The van der Waals surface area contributed by atoms with Gasteiger partial charge in [-0.2, -0.15) is 5.26 Å². The van der Waals surface area contributed by atoms with E-state index in [0.717, 1.165) is 0 Å². The van der Waals surface area contributed by atoms with E-state index in [-0.39, 0.29) is 6.04 Å². The third-order valence-corrected chi connectivity index (χ3v) is 1.58. The summed E-state index contributed by atoms with van der Waals surface area (Å²) in [6, 6.07) is 2.05. The summed E-state index contributed by atoms with van der Waals surface area (Å²) < 4.78 is 0. The van der Waals surface area contributed by atoms with Gasteiger partial charge in [0.1, 0.15) is 11.9 Å². The molecule has 0 saturated heterocycles. The van der Waals surface area contributed by atoms with Crippen LogP contribution in [-0.4, -0.2) is 16.0 Å². The summed E-state index contributed by atoms with van der Waals surface area (Å²) in [5, 5.41) is 11.6. The molecule has 14 heavy (non-hydrogen) atoms. The summed E-state index contributed by atoms with van der Waals surface area (Å²) in [4.78, 5) is 7.88. The average molecular weight is 186 g/mol. The van der Waals surface area contributed by atoms with Crippen LogP contribution in [0, 0.1) is 23.7 Å². The van der Waals surface area contributed by atoms with E-state index < -0.39 is 0 Å². The van der Waals surface area contributed by atoms with Crippen LogP contribution in [0.4, 0.5) is 5.82 Å². The molecule has 0 amide bonds. The molecular formula is C10H10N4. The van der Waals surface area contributed by atoms with Crippen molar-refractivity contribution in [2.45, 2.75) is 19.4 Å². The number of nitriles is 1. The lowest BCUT2D eigenvalue weighted by atomic mass is 10.2. The normalized spacial score (nSPS) is 11.1. The third kappa shape index (κ3) is 2.76. The molecular weight excluding hydrogens is 176 g/mol. The highest BCUT2D eigenvalue weighted by Gasteiger charge is 2.01. The molecule has 0 aliphatic carbocycles. The largest absolute Gasteiger partial charge is 0.365 e. The van der Waals surface area contributed by atoms with Gasteiger partial charge in [-0.15, -0.1) is 12.3 Å². The van der Waals surface area contributed by atoms with Crippen LogP contribution in [0.2, 0.25) is 0 Å². The van der Waals surface area contributed by atoms with Crippen molar-refractivity contribution in [3.63, 3.8) is 0 Å². The molecule has 1 N–H and O–H groups in total. The molecule has 70 valence electrons. The van der Waals surface area contributed by atoms with Gasteiger partial charge in [0.15, 0.2) is 5.69 Å². The number of hydrogen-bond acceptors (Lipinski definition) is 4. The number of hydrogen-bond donors (Lipinski definition) is 1. The summed E-state index contributed by atoms with van der Waals surface area (Å²) in [5.74, 6) is 3.18. The van der Waals surface area contributed by atoms with Crippen molar-refractivity contribution in [2.75, 3.05) is 5.32 Å². The van der Waals surface area contributed by atoms with Crippen LogP contribution in [0.25, 0.3) is 0 Å². The van der Waals surface area contributed by atoms with Crippen LogP contribution in [0.5, 0.6) is 0 Å². The SMILES string of the molecule is C#CCC(C)Nc1cnc(C#N)cn1. The van der Waals surface area contributed by atoms with Crippen molar-refractivity contribution < 1.29 is 0 Å². The Bertz CT molecular complexity index is 369. The van der Waals surface area contributed by atoms with E-state index in [4.69, 9.17) is 11.7 Å². The monoisotopic (exact) mass is 186 g/mol. The lowest BCUT2D eigenvalue weighted by Gasteiger charge is -2.10. The molecule has 1 atom stereocenters. The molecule has 1 aromatic rings. The van der Waals surface area contributed by atoms with Gasteiger partial charge >= 0.3 is 0 Å². The van der Waals surface area contributed by atoms with Crippen LogP contribution in [0.1, 0.15) is 19.0 Å². The number of terminal acetylenes is 1. The lowest BCUT2D eigenvalue weighted by molar-refractivity contribution is 0.819. The van der Waals surface area contributed by atoms with Crippen LogP contribution < -0.4 is 5.32 Å². The smallest absolute Gasteiger partial charge is 0.158 e. The Morgan fingerprint density at radius 1 is 1.57 bits per heavy atom. The van der Waals surface area contributed by atoms with Gasteiger partial charge in [0.05, 0.1) is 12.4 Å². The van der Waals surface area contributed by atoms with E-state index in [1.807, 2.05) is 13.0 Å². The van der Waals surface area contributed by atoms with Crippen LogP contribution in [0.15, 0.2) is 12.4 Å². The Morgan fingerprint density at radius 2 is 2.36 bits per heavy atom. The van der Waals surface area contributed by atoms with Gasteiger partial charge in [0, 0.05) is 12.5 Å². The Balaban J connectivity index is 2.61.